The van der Waals surface area contributed by atoms with E-state index in [1.54, 1.807) is 11.6 Å². The number of hydrogen-bond donors (Lipinski definition) is 2. The van der Waals surface area contributed by atoms with Crippen LogP contribution in [0.1, 0.15) is 5.56 Å². The molecule has 4 nitrogen and oxygen atoms in total. The van der Waals surface area contributed by atoms with Gasteiger partial charge in [-0.25, -0.2) is 4.98 Å². The highest BCUT2D eigenvalue weighted by Gasteiger charge is 2.30. The highest BCUT2D eigenvalue weighted by molar-refractivity contribution is 8.01. The van der Waals surface area contributed by atoms with E-state index >= 15 is 0 Å². The summed E-state index contributed by atoms with van der Waals surface area (Å²) in [6, 6.07) is 2.81. The number of carbonyl (C=O) groups is 1. The Morgan fingerprint density at radius 2 is 2.19 bits per heavy atom. The number of nitrogens with zero attached hydrogens (tertiary/aromatic N) is 1. The van der Waals surface area contributed by atoms with Crippen LogP contribution in [0.5, 0.6) is 0 Å². The molecule has 0 fully saturated rings. The zero-order valence-corrected chi connectivity index (χ0v) is 12.1. The first kappa shape index (κ1) is 15.6. The number of alkyl halides is 3. The number of benzene rings is 1. The minimum Gasteiger partial charge on any atom is -0.397 e. The number of halogens is 3. The first-order chi connectivity index (χ1) is 9.86. The van der Waals surface area contributed by atoms with E-state index in [-0.39, 0.29) is 23.0 Å². The van der Waals surface area contributed by atoms with E-state index in [9.17, 15) is 18.0 Å². The van der Waals surface area contributed by atoms with Crippen molar-refractivity contribution >= 4 is 40.4 Å². The van der Waals surface area contributed by atoms with Crippen molar-refractivity contribution in [2.75, 3.05) is 16.8 Å². The number of nitrogen functional groups attached to an aromatic ring is 1. The molecule has 1 aromatic heterocycles. The van der Waals surface area contributed by atoms with E-state index in [1.807, 2.05) is 0 Å². The van der Waals surface area contributed by atoms with Crippen molar-refractivity contribution in [1.82, 2.24) is 4.98 Å². The number of nitrogens with one attached hydrogen (secondary N) is 1. The normalized spacial score (nSPS) is 11.4. The number of aromatic nitrogens is 1. The number of nitrogens with two attached hydrogens (primary N) is 1. The first-order valence-corrected chi connectivity index (χ1v) is 7.51. The number of thioether (sulfide) groups is 1. The molecule has 0 saturated carbocycles. The third kappa shape index (κ3) is 4.36. The van der Waals surface area contributed by atoms with Crippen LogP contribution in [0.25, 0.3) is 0 Å². The Labute approximate surface area is 126 Å². The number of carbonyl (C=O) groups excluding carboxylic acids is 1. The van der Waals surface area contributed by atoms with Gasteiger partial charge in [-0.2, -0.15) is 13.2 Å². The lowest BCUT2D eigenvalue weighted by atomic mass is 10.1. The molecule has 21 heavy (non-hydrogen) atoms. The topological polar surface area (TPSA) is 68.0 Å². The van der Waals surface area contributed by atoms with Crippen LogP contribution >= 0.6 is 23.1 Å². The van der Waals surface area contributed by atoms with E-state index in [2.05, 4.69) is 10.3 Å². The lowest BCUT2D eigenvalue weighted by Gasteiger charge is -2.11. The van der Waals surface area contributed by atoms with Gasteiger partial charge >= 0.3 is 6.18 Å². The molecule has 3 N–H and O–H groups in total. The van der Waals surface area contributed by atoms with Gasteiger partial charge in [-0.05, 0) is 18.2 Å². The van der Waals surface area contributed by atoms with Crippen LogP contribution in [0.4, 0.5) is 24.5 Å². The van der Waals surface area contributed by atoms with Crippen LogP contribution in [-0.4, -0.2) is 16.6 Å². The molecule has 0 unspecified atom stereocenters. The third-order valence-corrected chi connectivity index (χ3v) is 4.36. The Hall–Kier alpha value is -1.74. The van der Waals surface area contributed by atoms with E-state index in [4.69, 9.17) is 5.73 Å². The molecule has 0 bridgehead atoms. The Morgan fingerprint density at radius 1 is 1.43 bits per heavy atom. The van der Waals surface area contributed by atoms with Gasteiger partial charge < -0.3 is 11.1 Å². The summed E-state index contributed by atoms with van der Waals surface area (Å²) in [5, 5.41) is 4.26. The summed E-state index contributed by atoms with van der Waals surface area (Å²) in [4.78, 5) is 15.7. The van der Waals surface area contributed by atoms with Crippen molar-refractivity contribution in [2.24, 2.45) is 0 Å². The average Bonchev–Trinajstić information content (AvgIpc) is 2.91. The molecule has 112 valence electrons. The molecule has 0 aliphatic carbocycles. The minimum atomic E-state index is -4.46. The summed E-state index contributed by atoms with van der Waals surface area (Å²) < 4.78 is 38.2. The van der Waals surface area contributed by atoms with Crippen molar-refractivity contribution in [2.45, 2.75) is 10.5 Å². The van der Waals surface area contributed by atoms with Gasteiger partial charge in [0.05, 0.1) is 22.7 Å². The average molecular weight is 333 g/mol. The number of rotatable bonds is 4. The molecular formula is C12H10F3N3OS2. The number of amides is 1. The van der Waals surface area contributed by atoms with Crippen LogP contribution in [0.2, 0.25) is 0 Å². The van der Waals surface area contributed by atoms with Crippen molar-refractivity contribution < 1.29 is 18.0 Å². The Morgan fingerprint density at radius 3 is 2.76 bits per heavy atom. The molecular weight excluding hydrogens is 323 g/mol. The molecule has 0 radical (unpaired) electrons. The first-order valence-electron chi connectivity index (χ1n) is 5.65. The molecule has 0 atom stereocenters. The Kier molecular flexibility index (Phi) is 4.73. The summed E-state index contributed by atoms with van der Waals surface area (Å²) in [5.74, 6) is -0.254. The predicted molar refractivity (Wildman–Crippen MR) is 77.3 cm³/mol. The summed E-state index contributed by atoms with van der Waals surface area (Å²) in [7, 11) is 0. The van der Waals surface area contributed by atoms with Gasteiger partial charge in [-0.15, -0.1) is 11.3 Å². The zero-order valence-electron chi connectivity index (χ0n) is 10.5. The molecule has 2 aromatic rings. The second-order valence-corrected chi connectivity index (χ2v) is 6.05. The van der Waals surface area contributed by atoms with Crippen molar-refractivity contribution in [3.05, 3.63) is 35.3 Å². The molecule has 0 spiro atoms. The lowest BCUT2D eigenvalue weighted by Crippen LogP contribution is -2.16. The number of thiazole rings is 1. The van der Waals surface area contributed by atoms with E-state index in [0.29, 0.717) is 0 Å². The highest BCUT2D eigenvalue weighted by atomic mass is 32.2. The maximum absolute atomic E-state index is 12.5. The van der Waals surface area contributed by atoms with Gasteiger partial charge in [0, 0.05) is 11.6 Å². The van der Waals surface area contributed by atoms with Crippen LogP contribution in [0.3, 0.4) is 0 Å². The highest BCUT2D eigenvalue weighted by Crippen LogP contribution is 2.32. The van der Waals surface area contributed by atoms with Gasteiger partial charge in [0.25, 0.3) is 0 Å². The Balaban J connectivity index is 1.97. The lowest BCUT2D eigenvalue weighted by molar-refractivity contribution is -0.137. The van der Waals surface area contributed by atoms with E-state index < -0.39 is 11.7 Å². The minimum absolute atomic E-state index is 0.105. The van der Waals surface area contributed by atoms with Gasteiger partial charge in [0.1, 0.15) is 4.34 Å². The van der Waals surface area contributed by atoms with Gasteiger partial charge in [0.15, 0.2) is 0 Å². The molecule has 0 aliphatic heterocycles. The fourth-order valence-corrected chi connectivity index (χ4v) is 2.89. The SMILES string of the molecule is Nc1cc(C(F)(F)F)ccc1NC(=O)CSc1nccs1. The molecule has 0 aliphatic rings. The summed E-state index contributed by atoms with van der Waals surface area (Å²) in [5.41, 5.74) is 4.71. The van der Waals surface area contributed by atoms with Crippen molar-refractivity contribution in [1.29, 1.82) is 0 Å². The predicted octanol–water partition coefficient (Wildman–Crippen LogP) is 3.47. The van der Waals surface area contributed by atoms with Crippen LogP contribution < -0.4 is 11.1 Å². The van der Waals surface area contributed by atoms with Crippen LogP contribution in [0, 0.1) is 0 Å². The summed E-state index contributed by atoms with van der Waals surface area (Å²) in [6.45, 7) is 0. The third-order valence-electron chi connectivity index (χ3n) is 2.39. The van der Waals surface area contributed by atoms with Crippen LogP contribution in [0.15, 0.2) is 34.1 Å². The molecule has 1 amide bonds. The van der Waals surface area contributed by atoms with Crippen molar-refractivity contribution in [3.8, 4) is 0 Å². The fourth-order valence-electron chi connectivity index (χ4n) is 1.45. The smallest absolute Gasteiger partial charge is 0.397 e. The molecule has 1 aromatic carbocycles. The van der Waals surface area contributed by atoms with Gasteiger partial charge in [-0.3, -0.25) is 4.79 Å². The second kappa shape index (κ2) is 6.35. The quantitative estimate of drug-likeness (QED) is 0.664. The van der Waals surface area contributed by atoms with E-state index in [1.165, 1.54) is 23.1 Å². The second-order valence-electron chi connectivity index (χ2n) is 3.93. The zero-order chi connectivity index (χ0) is 15.5. The monoisotopic (exact) mass is 333 g/mol. The van der Waals surface area contributed by atoms with Gasteiger partial charge in [0.2, 0.25) is 5.91 Å². The number of hydrogen-bond acceptors (Lipinski definition) is 5. The van der Waals surface area contributed by atoms with E-state index in [0.717, 1.165) is 22.5 Å². The Bertz CT molecular complexity index is 629. The molecule has 9 heteroatoms. The van der Waals surface area contributed by atoms with Crippen LogP contribution in [-0.2, 0) is 11.0 Å². The van der Waals surface area contributed by atoms with Crippen molar-refractivity contribution in [3.63, 3.8) is 0 Å². The van der Waals surface area contributed by atoms with Gasteiger partial charge in [-0.1, -0.05) is 11.8 Å². The summed E-state index contributed by atoms with van der Waals surface area (Å²) >= 11 is 2.64. The molecule has 1 heterocycles. The molecule has 0 saturated heterocycles. The summed E-state index contributed by atoms with van der Waals surface area (Å²) in [6.07, 6.45) is -2.84. The number of anilines is 2. The maximum atomic E-state index is 12.5. The largest absolute Gasteiger partial charge is 0.416 e. The maximum Gasteiger partial charge on any atom is 0.416 e. The fraction of sp³-hybridized carbons (Fsp3) is 0.167. The molecule has 2 rings (SSSR count). The standard InChI is InChI=1S/C12H10F3N3OS2/c13-12(14,15)7-1-2-9(8(16)5-7)18-10(19)6-21-11-17-3-4-20-11/h1-5H,6,16H2,(H,18,19).